The second-order valence-corrected chi connectivity index (χ2v) is 11.8. The zero-order valence-electron chi connectivity index (χ0n) is 33.1. The molecule has 1 aliphatic heterocycles. The summed E-state index contributed by atoms with van der Waals surface area (Å²) in [5, 5.41) is 2.49. The minimum Gasteiger partial charge on any atom is -0.493 e. The van der Waals surface area contributed by atoms with Crippen molar-refractivity contribution < 1.29 is 47.6 Å². The van der Waals surface area contributed by atoms with Crippen LogP contribution in [0.1, 0.15) is 113 Å². The van der Waals surface area contributed by atoms with Gasteiger partial charge in [0.15, 0.2) is 0 Å². The summed E-state index contributed by atoms with van der Waals surface area (Å²) in [4.78, 5) is 43.9. The van der Waals surface area contributed by atoms with Crippen molar-refractivity contribution in [3.05, 3.63) is 60.2 Å². The standard InChI is InChI=1S/C16H20O5.C11H19NO5.C6H12.C4H8.C3H8/c1-3-15(17)21-12-4-11-20-14-8-5-13(6-9-14)7-10-16(18)19-2;1-2-9(13)15-8-6-12-11(14)17-10-5-3-4-7-16-10;1-5(2)6(3)4;1-4(2)3;1-3-2/h5-10H,3-4,11-12H2,1-2H3;10H,2-8H2,1H3,(H,12,14);6H,1H2,2-4H3;1H2,2-3H3;3H2,1-2H3/b10-7+;;;;. The molecule has 0 radical (unpaired) electrons. The maximum absolute atomic E-state index is 11.3. The number of alkyl carbamates (subject to hydrolysis) is 1. The van der Waals surface area contributed by atoms with Crippen LogP contribution < -0.4 is 10.1 Å². The number of hydrogen-bond donors (Lipinski definition) is 1. The number of carbonyl (C=O) groups excluding carboxylic acids is 4. The minimum absolute atomic E-state index is 0.160. The average Bonchev–Trinajstić information content (AvgIpc) is 3.10. The van der Waals surface area contributed by atoms with Gasteiger partial charge in [0.05, 0.1) is 33.5 Å². The van der Waals surface area contributed by atoms with Gasteiger partial charge in [0.25, 0.3) is 0 Å². The summed E-state index contributed by atoms with van der Waals surface area (Å²) in [5.41, 5.74) is 3.31. The maximum atomic E-state index is 11.3. The van der Waals surface area contributed by atoms with E-state index in [4.69, 9.17) is 23.7 Å². The molecule has 0 spiro atoms. The van der Waals surface area contributed by atoms with E-state index < -0.39 is 18.4 Å². The van der Waals surface area contributed by atoms with E-state index in [2.05, 4.69) is 50.9 Å². The van der Waals surface area contributed by atoms with Crippen LogP contribution >= 0.6 is 0 Å². The van der Waals surface area contributed by atoms with Crippen molar-refractivity contribution in [2.45, 2.75) is 114 Å². The van der Waals surface area contributed by atoms with Crippen molar-refractivity contribution in [1.29, 1.82) is 0 Å². The van der Waals surface area contributed by atoms with Crippen molar-refractivity contribution in [1.82, 2.24) is 5.32 Å². The van der Waals surface area contributed by atoms with Gasteiger partial charge in [-0.3, -0.25) is 9.59 Å². The number of rotatable bonds is 14. The van der Waals surface area contributed by atoms with Gasteiger partial charge in [-0.1, -0.05) is 77.8 Å². The number of benzene rings is 1. The third kappa shape index (κ3) is 38.5. The normalized spacial score (nSPS) is 12.7. The van der Waals surface area contributed by atoms with Crippen molar-refractivity contribution in [2.75, 3.05) is 40.1 Å². The molecule has 1 atom stereocenters. The van der Waals surface area contributed by atoms with E-state index in [1.54, 1.807) is 19.9 Å². The Morgan fingerprint density at radius 3 is 1.88 bits per heavy atom. The maximum Gasteiger partial charge on any atom is 0.409 e. The van der Waals surface area contributed by atoms with Crippen LogP contribution in [-0.2, 0) is 38.1 Å². The Bertz CT molecular complexity index is 1100. The molecule has 0 aromatic heterocycles. The summed E-state index contributed by atoms with van der Waals surface area (Å²) in [6.07, 6.45) is 7.42. The highest BCUT2D eigenvalue weighted by Crippen LogP contribution is 2.14. The van der Waals surface area contributed by atoms with E-state index in [1.807, 2.05) is 45.0 Å². The van der Waals surface area contributed by atoms with E-state index in [0.717, 1.165) is 30.6 Å². The molecule has 0 saturated carbocycles. The van der Waals surface area contributed by atoms with E-state index in [0.29, 0.717) is 45.0 Å². The first-order valence-electron chi connectivity index (χ1n) is 17.8. The first-order chi connectivity index (χ1) is 24.2. The predicted octanol–water partition coefficient (Wildman–Crippen LogP) is 9.00. The summed E-state index contributed by atoms with van der Waals surface area (Å²) in [6, 6.07) is 7.31. The fourth-order valence-corrected chi connectivity index (χ4v) is 2.83. The molecule has 11 nitrogen and oxygen atoms in total. The van der Waals surface area contributed by atoms with Gasteiger partial charge in [-0.05, 0) is 63.3 Å². The molecule has 0 aliphatic carbocycles. The Balaban J connectivity index is -0.000000680. The molecule has 1 N–H and O–H groups in total. The van der Waals surface area contributed by atoms with Crippen LogP contribution in [0.15, 0.2) is 54.6 Å². The second kappa shape index (κ2) is 35.7. The van der Waals surface area contributed by atoms with Crippen LogP contribution in [0.3, 0.4) is 0 Å². The molecule has 292 valence electrons. The smallest absolute Gasteiger partial charge is 0.409 e. The lowest BCUT2D eigenvalue weighted by atomic mass is 10.1. The number of allylic oxidation sites excluding steroid dienone is 2. The van der Waals surface area contributed by atoms with Crippen molar-refractivity contribution >= 4 is 30.1 Å². The lowest BCUT2D eigenvalue weighted by Crippen LogP contribution is -2.34. The van der Waals surface area contributed by atoms with Gasteiger partial charge in [-0.25, -0.2) is 9.59 Å². The highest BCUT2D eigenvalue weighted by Gasteiger charge is 2.17. The molecule has 1 unspecified atom stereocenters. The van der Waals surface area contributed by atoms with Gasteiger partial charge < -0.3 is 33.7 Å². The molecule has 1 aromatic carbocycles. The molecule has 1 saturated heterocycles. The van der Waals surface area contributed by atoms with Gasteiger partial charge in [0.2, 0.25) is 6.29 Å². The average molecular weight is 722 g/mol. The van der Waals surface area contributed by atoms with Gasteiger partial charge in [0.1, 0.15) is 12.4 Å². The summed E-state index contributed by atoms with van der Waals surface area (Å²) < 4.78 is 30.0. The number of ether oxygens (including phenoxy) is 6. The zero-order valence-corrected chi connectivity index (χ0v) is 33.1. The number of amides is 1. The van der Waals surface area contributed by atoms with Gasteiger partial charge in [0, 0.05) is 31.8 Å². The van der Waals surface area contributed by atoms with E-state index >= 15 is 0 Å². The third-order valence-electron chi connectivity index (χ3n) is 5.89. The molecule has 1 heterocycles. The van der Waals surface area contributed by atoms with E-state index in [9.17, 15) is 19.2 Å². The Hall–Kier alpha value is -4.12. The van der Waals surface area contributed by atoms with Crippen LogP contribution in [0.2, 0.25) is 0 Å². The highest BCUT2D eigenvalue weighted by molar-refractivity contribution is 5.86. The quantitative estimate of drug-likeness (QED) is 0.0652. The lowest BCUT2D eigenvalue weighted by Gasteiger charge is -2.22. The number of hydrogen-bond acceptors (Lipinski definition) is 10. The fourth-order valence-electron chi connectivity index (χ4n) is 2.83. The van der Waals surface area contributed by atoms with Crippen LogP contribution in [0.4, 0.5) is 4.79 Å². The summed E-state index contributed by atoms with van der Waals surface area (Å²) in [7, 11) is 1.33. The Kier molecular flexibility index (Phi) is 35.9. The zero-order chi connectivity index (χ0) is 39.5. The molecule has 51 heavy (non-hydrogen) atoms. The lowest BCUT2D eigenvalue weighted by molar-refractivity contribution is -0.144. The molecule has 0 bridgehead atoms. The molecule has 1 aliphatic rings. The topological polar surface area (TPSA) is 136 Å². The first kappa shape index (κ1) is 51.3. The second-order valence-electron chi connectivity index (χ2n) is 11.8. The van der Waals surface area contributed by atoms with Gasteiger partial charge in [-0.2, -0.15) is 0 Å². The Morgan fingerprint density at radius 1 is 0.902 bits per heavy atom. The molecule has 2 rings (SSSR count). The number of carbonyl (C=O) groups is 4. The monoisotopic (exact) mass is 721 g/mol. The minimum atomic E-state index is -0.538. The van der Waals surface area contributed by atoms with Crippen LogP contribution in [0.5, 0.6) is 5.75 Å². The summed E-state index contributed by atoms with van der Waals surface area (Å²) in [5.74, 6) is 0.515. The van der Waals surface area contributed by atoms with Gasteiger partial charge >= 0.3 is 24.0 Å². The first-order valence-corrected chi connectivity index (χ1v) is 17.8. The number of nitrogens with one attached hydrogen (secondary N) is 1. The van der Waals surface area contributed by atoms with Crippen molar-refractivity contribution in [3.8, 4) is 5.75 Å². The molecule has 1 aromatic rings. The molecule has 1 fully saturated rings. The van der Waals surface area contributed by atoms with Gasteiger partial charge in [-0.15, -0.1) is 6.58 Å². The SMILES string of the molecule is C=C(C)C.C=C(C)C(C)C.CCC.CCC(=O)OCCCOc1ccc(/C=C/C(=O)OC)cc1.CCC(=O)OCCNC(=O)OC1CCCCO1. The van der Waals surface area contributed by atoms with E-state index in [1.165, 1.54) is 30.8 Å². The van der Waals surface area contributed by atoms with E-state index in [-0.39, 0.29) is 25.1 Å². The molecule has 11 heteroatoms. The molecular weight excluding hydrogens is 654 g/mol. The Labute approximate surface area is 308 Å². The predicted molar refractivity (Wildman–Crippen MR) is 204 cm³/mol. The number of esters is 3. The van der Waals surface area contributed by atoms with Crippen LogP contribution in [-0.4, -0.2) is 70.4 Å². The molecular formula is C40H67NO10. The fraction of sp³-hybridized carbons (Fsp3) is 0.600. The third-order valence-corrected chi connectivity index (χ3v) is 5.89. The molecule has 1 amide bonds. The van der Waals surface area contributed by atoms with Crippen LogP contribution in [0.25, 0.3) is 6.08 Å². The van der Waals surface area contributed by atoms with Crippen molar-refractivity contribution in [2.24, 2.45) is 5.92 Å². The largest absolute Gasteiger partial charge is 0.493 e. The van der Waals surface area contributed by atoms with Crippen molar-refractivity contribution in [3.63, 3.8) is 0 Å². The highest BCUT2D eigenvalue weighted by atomic mass is 16.7. The summed E-state index contributed by atoms with van der Waals surface area (Å²) >= 11 is 0. The Morgan fingerprint density at radius 2 is 1.43 bits per heavy atom. The summed E-state index contributed by atoms with van der Waals surface area (Å²) in [6.45, 7) is 27.2. The number of methoxy groups -OCH3 is 1. The van der Waals surface area contributed by atoms with Crippen LogP contribution in [0, 0.1) is 5.92 Å².